The maximum Gasteiger partial charge on any atom is 0.472 e. The third-order valence-corrected chi connectivity index (χ3v) is 8.98. The molecule has 1 unspecified atom stereocenters. The summed E-state index contributed by atoms with van der Waals surface area (Å²) in [6, 6.07) is -1.53. The maximum absolute atomic E-state index is 12.6. The highest BCUT2D eigenvalue weighted by atomic mass is 31.2. The summed E-state index contributed by atoms with van der Waals surface area (Å²) < 4.78 is 32.5. The van der Waals surface area contributed by atoms with E-state index in [1.807, 2.05) is 0 Å². The van der Waals surface area contributed by atoms with Crippen LogP contribution in [-0.2, 0) is 37.5 Å². The molecule has 4 N–H and O–H groups in total. The molecule has 0 rings (SSSR count). The van der Waals surface area contributed by atoms with Crippen molar-refractivity contribution in [2.45, 2.75) is 161 Å². The Balaban J connectivity index is 4.48. The maximum atomic E-state index is 12.6. The molecule has 53 heavy (non-hydrogen) atoms. The van der Waals surface area contributed by atoms with Gasteiger partial charge in [-0.05, 0) is 57.8 Å². The Morgan fingerprint density at radius 1 is 0.604 bits per heavy atom. The molecule has 0 radical (unpaired) electrons. The summed E-state index contributed by atoms with van der Waals surface area (Å²) >= 11 is 0. The molecule has 0 aromatic carbocycles. The van der Waals surface area contributed by atoms with Crippen LogP contribution in [0.5, 0.6) is 0 Å². The lowest BCUT2D eigenvalue weighted by atomic mass is 10.1. The van der Waals surface area contributed by atoms with Gasteiger partial charge in [-0.15, -0.1) is 0 Å². The number of rotatable bonds is 36. The number of phosphoric ester groups is 1. The van der Waals surface area contributed by atoms with Gasteiger partial charge >= 0.3 is 25.7 Å². The van der Waals surface area contributed by atoms with Crippen LogP contribution in [0.4, 0.5) is 0 Å². The smallest absolute Gasteiger partial charge is 0.472 e. The summed E-state index contributed by atoms with van der Waals surface area (Å²) in [5.41, 5.74) is 5.31. The number of unbranched alkanes of at least 4 members (excludes halogenated alkanes) is 12. The molecule has 0 aliphatic heterocycles. The highest BCUT2D eigenvalue weighted by Crippen LogP contribution is 2.43. The van der Waals surface area contributed by atoms with Crippen LogP contribution in [0.1, 0.15) is 149 Å². The molecule has 0 aromatic rings. The lowest BCUT2D eigenvalue weighted by Gasteiger charge is -2.20. The Morgan fingerprint density at radius 2 is 1.06 bits per heavy atom. The first-order chi connectivity index (χ1) is 25.6. The minimum atomic E-state index is -4.72. The van der Waals surface area contributed by atoms with Crippen LogP contribution in [0.25, 0.3) is 0 Å². The SMILES string of the molecule is CC/C=C/C/C=C/C/C=C/C/C=C/C/C=C/CCCCCC(=O)O[C@@H](COC(=O)CCCCCCCCCCCC)COP(=O)(O)OC[C@H](N)C(=O)O. The first-order valence-corrected chi connectivity index (χ1v) is 21.3. The van der Waals surface area contributed by atoms with E-state index in [2.05, 4.69) is 79.1 Å². The molecular formula is C41H70NO10P. The quantitative estimate of drug-likeness (QED) is 0.0240. The minimum Gasteiger partial charge on any atom is -0.480 e. The Morgan fingerprint density at radius 3 is 1.58 bits per heavy atom. The third kappa shape index (κ3) is 36.0. The average molecular weight is 768 g/mol. The van der Waals surface area contributed by atoms with Gasteiger partial charge in [0, 0.05) is 12.8 Å². The number of ether oxygens (including phenoxy) is 2. The van der Waals surface area contributed by atoms with E-state index >= 15 is 0 Å². The third-order valence-electron chi connectivity index (χ3n) is 8.03. The van der Waals surface area contributed by atoms with Gasteiger partial charge < -0.3 is 25.2 Å². The van der Waals surface area contributed by atoms with Gasteiger partial charge in [-0.3, -0.25) is 23.4 Å². The normalized spacial score (nSPS) is 14.5. The molecule has 0 heterocycles. The molecule has 0 aromatic heterocycles. The topological polar surface area (TPSA) is 172 Å². The predicted molar refractivity (Wildman–Crippen MR) is 212 cm³/mol. The van der Waals surface area contributed by atoms with E-state index in [1.54, 1.807) is 0 Å². The van der Waals surface area contributed by atoms with Gasteiger partial charge in [0.05, 0.1) is 13.2 Å². The summed E-state index contributed by atoms with van der Waals surface area (Å²) in [6.45, 7) is 2.61. The van der Waals surface area contributed by atoms with Gasteiger partial charge in [0.25, 0.3) is 0 Å². The van der Waals surface area contributed by atoms with Crippen molar-refractivity contribution in [3.05, 3.63) is 60.8 Å². The minimum absolute atomic E-state index is 0.121. The Bertz CT molecular complexity index is 1130. The molecule has 3 atom stereocenters. The molecule has 0 aliphatic rings. The van der Waals surface area contributed by atoms with Gasteiger partial charge in [-0.2, -0.15) is 0 Å². The van der Waals surface area contributed by atoms with Crippen LogP contribution < -0.4 is 5.73 Å². The van der Waals surface area contributed by atoms with Crippen molar-refractivity contribution in [1.29, 1.82) is 0 Å². The molecule has 0 spiro atoms. The molecule has 0 fully saturated rings. The molecular weight excluding hydrogens is 697 g/mol. The molecule has 304 valence electrons. The molecule has 0 saturated heterocycles. The molecule has 0 saturated carbocycles. The van der Waals surface area contributed by atoms with E-state index in [9.17, 15) is 23.8 Å². The van der Waals surface area contributed by atoms with E-state index in [4.69, 9.17) is 24.8 Å². The second-order valence-corrected chi connectivity index (χ2v) is 14.5. The van der Waals surface area contributed by atoms with Crippen molar-refractivity contribution in [1.82, 2.24) is 0 Å². The number of carbonyl (C=O) groups is 3. The second kappa shape index (κ2) is 36.2. The zero-order valence-corrected chi connectivity index (χ0v) is 33.5. The average Bonchev–Trinajstić information content (AvgIpc) is 3.13. The fourth-order valence-electron chi connectivity index (χ4n) is 4.91. The Hall–Kier alpha value is -2.82. The van der Waals surface area contributed by atoms with Crippen molar-refractivity contribution in [2.24, 2.45) is 5.73 Å². The second-order valence-electron chi connectivity index (χ2n) is 13.0. The molecule has 12 heteroatoms. The number of carboxylic acids is 1. The van der Waals surface area contributed by atoms with Crippen molar-refractivity contribution < 1.29 is 47.5 Å². The van der Waals surface area contributed by atoms with Crippen LogP contribution in [0.3, 0.4) is 0 Å². The first kappa shape index (κ1) is 50.2. The number of carboxylic acid groups (broad SMARTS) is 1. The van der Waals surface area contributed by atoms with Crippen LogP contribution in [0.15, 0.2) is 60.8 Å². The molecule has 11 nitrogen and oxygen atoms in total. The van der Waals surface area contributed by atoms with Gasteiger partial charge in [0.2, 0.25) is 0 Å². The lowest BCUT2D eigenvalue weighted by molar-refractivity contribution is -0.161. The van der Waals surface area contributed by atoms with Crippen LogP contribution in [0.2, 0.25) is 0 Å². The number of hydrogen-bond donors (Lipinski definition) is 3. The number of nitrogens with two attached hydrogens (primary N) is 1. The number of carbonyl (C=O) groups excluding carboxylic acids is 2. The van der Waals surface area contributed by atoms with E-state index in [0.717, 1.165) is 70.6 Å². The lowest BCUT2D eigenvalue weighted by Crippen LogP contribution is -2.34. The number of hydrogen-bond acceptors (Lipinski definition) is 9. The molecule has 0 bridgehead atoms. The number of allylic oxidation sites excluding steroid dienone is 10. The zero-order valence-electron chi connectivity index (χ0n) is 32.6. The highest BCUT2D eigenvalue weighted by Gasteiger charge is 2.28. The van der Waals surface area contributed by atoms with E-state index < -0.39 is 51.1 Å². The van der Waals surface area contributed by atoms with E-state index in [-0.39, 0.29) is 19.4 Å². The fraction of sp³-hybridized carbons (Fsp3) is 0.683. The molecule has 0 amide bonds. The van der Waals surface area contributed by atoms with Crippen LogP contribution in [-0.4, -0.2) is 59.9 Å². The summed E-state index contributed by atoms with van der Waals surface area (Å²) in [6.07, 6.45) is 40.1. The first-order valence-electron chi connectivity index (χ1n) is 19.8. The van der Waals surface area contributed by atoms with Crippen LogP contribution >= 0.6 is 7.82 Å². The summed E-state index contributed by atoms with van der Waals surface area (Å²) in [5.74, 6) is -2.43. The van der Waals surface area contributed by atoms with E-state index in [1.165, 1.54) is 38.5 Å². The van der Waals surface area contributed by atoms with Crippen molar-refractivity contribution >= 4 is 25.7 Å². The van der Waals surface area contributed by atoms with Gasteiger partial charge in [0.1, 0.15) is 12.6 Å². The summed E-state index contributed by atoms with van der Waals surface area (Å²) in [5, 5.41) is 8.86. The highest BCUT2D eigenvalue weighted by molar-refractivity contribution is 7.47. The Labute approximate surface area is 319 Å². The summed E-state index contributed by atoms with van der Waals surface area (Å²) in [4.78, 5) is 45.7. The summed E-state index contributed by atoms with van der Waals surface area (Å²) in [7, 11) is -4.72. The predicted octanol–water partition coefficient (Wildman–Crippen LogP) is 10.00. The van der Waals surface area contributed by atoms with E-state index in [0.29, 0.717) is 12.8 Å². The standard InChI is InChI=1S/C41H70NO10P/c1-3-5-7-9-11-13-15-16-17-18-19-20-21-22-23-25-27-29-31-33-40(44)52-37(35-50-53(47,48)51-36-38(42)41(45)46)34-49-39(43)32-30-28-26-24-14-12-10-8-6-4-2/h5,7,11,13,16-17,19-20,22-23,37-38H,3-4,6,8-10,12,14-15,18,21,24-36,42H2,1-2H3,(H,45,46)(H,47,48)/b7-5+,13-11+,17-16+,20-19+,23-22+/t37-,38-/m0/s1. The van der Waals surface area contributed by atoms with Gasteiger partial charge in [-0.25, -0.2) is 4.57 Å². The monoisotopic (exact) mass is 767 g/mol. The van der Waals surface area contributed by atoms with Gasteiger partial charge in [-0.1, -0.05) is 139 Å². The van der Waals surface area contributed by atoms with Crippen molar-refractivity contribution in [3.63, 3.8) is 0 Å². The largest absolute Gasteiger partial charge is 0.480 e. The van der Waals surface area contributed by atoms with Gasteiger partial charge in [0.15, 0.2) is 6.10 Å². The van der Waals surface area contributed by atoms with Crippen molar-refractivity contribution in [3.8, 4) is 0 Å². The molecule has 0 aliphatic carbocycles. The Kier molecular flexibility index (Phi) is 34.2. The number of aliphatic carboxylic acids is 1. The number of esters is 2. The number of phosphoric acid groups is 1. The van der Waals surface area contributed by atoms with Crippen molar-refractivity contribution in [2.75, 3.05) is 19.8 Å². The van der Waals surface area contributed by atoms with Crippen LogP contribution in [0, 0.1) is 0 Å². The fourth-order valence-corrected chi connectivity index (χ4v) is 5.69. The zero-order chi connectivity index (χ0) is 39.3.